The highest BCUT2D eigenvalue weighted by Crippen LogP contribution is 2.50. The lowest BCUT2D eigenvalue weighted by molar-refractivity contribution is -0.140. The van der Waals surface area contributed by atoms with Gasteiger partial charge in [-0.3, -0.25) is 0 Å². The summed E-state index contributed by atoms with van der Waals surface area (Å²) in [5.74, 6) is 0.613. The van der Waals surface area contributed by atoms with Gasteiger partial charge in [0.05, 0.1) is 5.56 Å². The lowest BCUT2D eigenvalue weighted by atomic mass is 9.83. The summed E-state index contributed by atoms with van der Waals surface area (Å²) in [6.07, 6.45) is 0.661. The maximum atomic E-state index is 14.1. The predicted octanol–water partition coefficient (Wildman–Crippen LogP) is 4.67. The maximum Gasteiger partial charge on any atom is 0.419 e. The van der Waals surface area contributed by atoms with Gasteiger partial charge in [-0.1, -0.05) is 18.6 Å². The fourth-order valence-corrected chi connectivity index (χ4v) is 4.17. The summed E-state index contributed by atoms with van der Waals surface area (Å²) in [5, 5.41) is 0. The second-order valence-corrected chi connectivity index (χ2v) is 6.48. The molecular formula is C16H19F4N. The molecule has 1 aromatic rings. The second kappa shape index (κ2) is 5.27. The number of rotatable bonds is 3. The molecule has 0 heterocycles. The zero-order valence-electron chi connectivity index (χ0n) is 11.7. The average Bonchev–Trinajstić information content (AvgIpc) is 2.99. The zero-order valence-corrected chi connectivity index (χ0v) is 11.7. The Morgan fingerprint density at radius 2 is 1.95 bits per heavy atom. The van der Waals surface area contributed by atoms with Crippen LogP contribution in [0, 0.1) is 23.6 Å². The van der Waals surface area contributed by atoms with Crippen LogP contribution in [0.4, 0.5) is 17.6 Å². The third kappa shape index (κ3) is 2.80. The van der Waals surface area contributed by atoms with Gasteiger partial charge in [0.15, 0.2) is 0 Å². The molecule has 3 rings (SSSR count). The molecule has 4 atom stereocenters. The SMILES string of the molecule is NC(CC1CC2CCC1C2)c1cccc(C(F)(F)F)c1F. The van der Waals surface area contributed by atoms with Crippen molar-refractivity contribution >= 4 is 0 Å². The van der Waals surface area contributed by atoms with Crippen molar-refractivity contribution in [3.05, 3.63) is 35.1 Å². The van der Waals surface area contributed by atoms with E-state index in [1.165, 1.54) is 31.4 Å². The van der Waals surface area contributed by atoms with Gasteiger partial charge >= 0.3 is 6.18 Å². The predicted molar refractivity (Wildman–Crippen MR) is 71.9 cm³/mol. The third-order valence-electron chi connectivity index (χ3n) is 5.17. The molecule has 0 aromatic heterocycles. The number of alkyl halides is 3. The van der Waals surface area contributed by atoms with Gasteiger partial charge in [0, 0.05) is 11.6 Å². The van der Waals surface area contributed by atoms with Gasteiger partial charge in [-0.25, -0.2) is 4.39 Å². The van der Waals surface area contributed by atoms with Crippen LogP contribution in [0.5, 0.6) is 0 Å². The first-order valence-electron chi connectivity index (χ1n) is 7.47. The lowest BCUT2D eigenvalue weighted by Gasteiger charge is -2.25. The minimum Gasteiger partial charge on any atom is -0.324 e. The molecular weight excluding hydrogens is 282 g/mol. The first kappa shape index (κ1) is 14.8. The molecule has 2 fully saturated rings. The van der Waals surface area contributed by atoms with Crippen molar-refractivity contribution in [2.45, 2.75) is 44.3 Å². The molecule has 1 aromatic carbocycles. The molecule has 2 aliphatic carbocycles. The number of nitrogens with two attached hydrogens (primary N) is 1. The molecule has 5 heteroatoms. The van der Waals surface area contributed by atoms with Gasteiger partial charge in [-0.15, -0.1) is 0 Å². The zero-order chi connectivity index (χ0) is 15.2. The van der Waals surface area contributed by atoms with Crippen LogP contribution in [-0.2, 0) is 6.18 Å². The number of hydrogen-bond donors (Lipinski definition) is 1. The summed E-state index contributed by atoms with van der Waals surface area (Å²) in [6.45, 7) is 0. The molecule has 116 valence electrons. The Labute approximate surface area is 121 Å². The highest BCUT2D eigenvalue weighted by molar-refractivity contribution is 5.30. The minimum atomic E-state index is -4.67. The summed E-state index contributed by atoms with van der Waals surface area (Å²) < 4.78 is 52.3. The average molecular weight is 301 g/mol. The van der Waals surface area contributed by atoms with E-state index in [0.29, 0.717) is 18.3 Å². The van der Waals surface area contributed by atoms with E-state index in [-0.39, 0.29) is 5.56 Å². The van der Waals surface area contributed by atoms with E-state index in [4.69, 9.17) is 5.73 Å². The van der Waals surface area contributed by atoms with Crippen LogP contribution in [0.25, 0.3) is 0 Å². The molecule has 0 aliphatic heterocycles. The molecule has 2 bridgehead atoms. The largest absolute Gasteiger partial charge is 0.419 e. The smallest absolute Gasteiger partial charge is 0.324 e. The standard InChI is InChI=1S/C16H19F4N/c17-15-12(2-1-3-13(15)16(18,19)20)14(21)8-11-7-9-4-5-10(11)6-9/h1-3,9-11,14H,4-8,21H2. The summed E-state index contributed by atoms with van der Waals surface area (Å²) in [5.41, 5.74) is 4.79. The van der Waals surface area contributed by atoms with Gasteiger partial charge in [-0.2, -0.15) is 13.2 Å². The molecule has 21 heavy (non-hydrogen) atoms. The van der Waals surface area contributed by atoms with E-state index in [9.17, 15) is 17.6 Å². The summed E-state index contributed by atoms with van der Waals surface area (Å²) in [4.78, 5) is 0. The van der Waals surface area contributed by atoms with Crippen molar-refractivity contribution in [2.75, 3.05) is 0 Å². The molecule has 2 saturated carbocycles. The highest BCUT2D eigenvalue weighted by atomic mass is 19.4. The Bertz CT molecular complexity index is 525. The van der Waals surface area contributed by atoms with E-state index >= 15 is 0 Å². The topological polar surface area (TPSA) is 26.0 Å². The van der Waals surface area contributed by atoms with E-state index < -0.39 is 23.6 Å². The fraction of sp³-hybridized carbons (Fsp3) is 0.625. The number of fused-ring (bicyclic) bond motifs is 2. The summed E-state index contributed by atoms with van der Waals surface area (Å²) >= 11 is 0. The van der Waals surface area contributed by atoms with E-state index in [1.807, 2.05) is 0 Å². The van der Waals surface area contributed by atoms with Crippen LogP contribution in [0.3, 0.4) is 0 Å². The van der Waals surface area contributed by atoms with Crippen molar-refractivity contribution in [1.29, 1.82) is 0 Å². The molecule has 0 saturated heterocycles. The number of benzene rings is 1. The van der Waals surface area contributed by atoms with Gasteiger partial charge in [0.25, 0.3) is 0 Å². The molecule has 4 unspecified atom stereocenters. The van der Waals surface area contributed by atoms with E-state index in [2.05, 4.69) is 0 Å². The fourth-order valence-electron chi connectivity index (χ4n) is 4.17. The second-order valence-electron chi connectivity index (χ2n) is 6.48. The number of hydrogen-bond acceptors (Lipinski definition) is 1. The van der Waals surface area contributed by atoms with Crippen LogP contribution in [0.2, 0.25) is 0 Å². The first-order chi connectivity index (χ1) is 9.86. The van der Waals surface area contributed by atoms with Crippen molar-refractivity contribution < 1.29 is 17.6 Å². The Morgan fingerprint density at radius 3 is 2.52 bits per heavy atom. The van der Waals surface area contributed by atoms with Gasteiger partial charge in [-0.05, 0) is 49.5 Å². The Balaban J connectivity index is 1.77. The lowest BCUT2D eigenvalue weighted by Crippen LogP contribution is -2.21. The molecule has 0 amide bonds. The van der Waals surface area contributed by atoms with Gasteiger partial charge < -0.3 is 5.73 Å². The van der Waals surface area contributed by atoms with Crippen LogP contribution >= 0.6 is 0 Å². The molecule has 1 nitrogen and oxygen atoms in total. The van der Waals surface area contributed by atoms with Crippen molar-refractivity contribution in [1.82, 2.24) is 0 Å². The van der Waals surface area contributed by atoms with Gasteiger partial charge in [0.1, 0.15) is 5.82 Å². The third-order valence-corrected chi connectivity index (χ3v) is 5.17. The maximum absolute atomic E-state index is 14.1. The van der Waals surface area contributed by atoms with Crippen LogP contribution < -0.4 is 5.73 Å². The van der Waals surface area contributed by atoms with Crippen LogP contribution in [0.15, 0.2) is 18.2 Å². The highest BCUT2D eigenvalue weighted by Gasteiger charge is 2.41. The molecule has 0 spiro atoms. The minimum absolute atomic E-state index is 0.00685. The normalized spacial score (nSPS) is 29.9. The Kier molecular flexibility index (Phi) is 3.72. The van der Waals surface area contributed by atoms with E-state index in [1.54, 1.807) is 0 Å². The molecule has 0 radical (unpaired) electrons. The van der Waals surface area contributed by atoms with E-state index in [0.717, 1.165) is 18.4 Å². The molecule has 2 N–H and O–H groups in total. The first-order valence-corrected chi connectivity index (χ1v) is 7.47. The summed E-state index contributed by atoms with van der Waals surface area (Å²) in [6, 6.07) is 2.73. The van der Waals surface area contributed by atoms with Crippen LogP contribution in [0.1, 0.15) is 49.3 Å². The summed E-state index contributed by atoms with van der Waals surface area (Å²) in [7, 11) is 0. The Hall–Kier alpha value is -1.10. The Morgan fingerprint density at radius 1 is 1.19 bits per heavy atom. The van der Waals surface area contributed by atoms with Crippen molar-refractivity contribution in [2.24, 2.45) is 23.5 Å². The van der Waals surface area contributed by atoms with Crippen molar-refractivity contribution in [3.63, 3.8) is 0 Å². The molecule has 2 aliphatic rings. The van der Waals surface area contributed by atoms with Crippen LogP contribution in [-0.4, -0.2) is 0 Å². The van der Waals surface area contributed by atoms with Gasteiger partial charge in [0.2, 0.25) is 0 Å². The quantitative estimate of drug-likeness (QED) is 0.807. The number of halogens is 4. The monoisotopic (exact) mass is 301 g/mol. The van der Waals surface area contributed by atoms with Crippen molar-refractivity contribution in [3.8, 4) is 0 Å².